The number of anilines is 1. The van der Waals surface area contributed by atoms with Crippen molar-refractivity contribution in [2.75, 3.05) is 18.7 Å². The van der Waals surface area contributed by atoms with Gasteiger partial charge in [0, 0.05) is 12.2 Å². The average molecular weight is 368 g/mol. The van der Waals surface area contributed by atoms with Crippen LogP contribution in [0.2, 0.25) is 0 Å². The molecule has 0 saturated heterocycles. The molecule has 2 N–H and O–H groups in total. The minimum Gasteiger partial charge on any atom is -0.454 e. The summed E-state index contributed by atoms with van der Waals surface area (Å²) in [5.74, 6) is 2.18. The Bertz CT molecular complexity index is 789. The van der Waals surface area contributed by atoms with Crippen molar-refractivity contribution in [3.8, 4) is 11.5 Å². The molecule has 144 valence electrons. The number of rotatable bonds is 7. The van der Waals surface area contributed by atoms with Crippen LogP contribution in [0.1, 0.15) is 56.2 Å². The molecule has 0 bridgehead atoms. The second kappa shape index (κ2) is 8.44. The Kier molecular flexibility index (Phi) is 6.01. The molecule has 0 saturated carbocycles. The first-order valence-corrected chi connectivity index (χ1v) is 9.47. The lowest BCUT2D eigenvalue weighted by Crippen LogP contribution is -2.28. The van der Waals surface area contributed by atoms with Crippen LogP contribution in [0.15, 0.2) is 36.4 Å². The summed E-state index contributed by atoms with van der Waals surface area (Å²) in [6.45, 7) is 9.69. The van der Waals surface area contributed by atoms with E-state index in [-0.39, 0.29) is 19.2 Å². The number of hydrogen-bond donors (Lipinski definition) is 2. The maximum absolute atomic E-state index is 12.5. The van der Waals surface area contributed by atoms with Crippen LogP contribution in [0.25, 0.3) is 0 Å². The minimum absolute atomic E-state index is 0.0363. The fraction of sp³-hybridized carbons (Fsp3) is 0.409. The Morgan fingerprint density at radius 1 is 1.00 bits per heavy atom. The summed E-state index contributed by atoms with van der Waals surface area (Å²) in [6, 6.07) is 12.1. The molecule has 0 spiro atoms. The SMILES string of the molecule is CC(C)c1cccc(C(C)C)c1NC(=O)CNCc1ccc2c(c1)OCO2. The highest BCUT2D eigenvalue weighted by Gasteiger charge is 2.16. The van der Waals surface area contributed by atoms with Gasteiger partial charge in [-0.15, -0.1) is 0 Å². The van der Waals surface area contributed by atoms with E-state index in [4.69, 9.17) is 9.47 Å². The molecule has 2 aromatic carbocycles. The van der Waals surface area contributed by atoms with E-state index in [1.165, 1.54) is 11.1 Å². The number of fused-ring (bicyclic) bond motifs is 1. The maximum atomic E-state index is 12.5. The first-order chi connectivity index (χ1) is 13.0. The van der Waals surface area contributed by atoms with Gasteiger partial charge in [-0.1, -0.05) is 52.0 Å². The molecule has 5 heteroatoms. The van der Waals surface area contributed by atoms with Crippen molar-refractivity contribution >= 4 is 11.6 Å². The molecule has 1 heterocycles. The Balaban J connectivity index is 1.61. The van der Waals surface area contributed by atoms with Crippen molar-refractivity contribution in [2.24, 2.45) is 0 Å². The number of carbonyl (C=O) groups is 1. The van der Waals surface area contributed by atoms with E-state index in [9.17, 15) is 4.79 Å². The minimum atomic E-state index is -0.0363. The molecule has 1 aliphatic heterocycles. The monoisotopic (exact) mass is 368 g/mol. The molecule has 3 rings (SSSR count). The number of hydrogen-bond acceptors (Lipinski definition) is 4. The molecule has 0 unspecified atom stereocenters. The van der Waals surface area contributed by atoms with E-state index in [0.717, 1.165) is 22.7 Å². The van der Waals surface area contributed by atoms with Crippen LogP contribution in [0.4, 0.5) is 5.69 Å². The van der Waals surface area contributed by atoms with Gasteiger partial charge in [0.2, 0.25) is 12.7 Å². The fourth-order valence-electron chi connectivity index (χ4n) is 3.25. The summed E-state index contributed by atoms with van der Waals surface area (Å²) in [7, 11) is 0. The van der Waals surface area contributed by atoms with Crippen molar-refractivity contribution < 1.29 is 14.3 Å². The second-order valence-corrected chi connectivity index (χ2v) is 7.46. The number of nitrogens with one attached hydrogen (secondary N) is 2. The zero-order valence-electron chi connectivity index (χ0n) is 16.5. The lowest BCUT2D eigenvalue weighted by molar-refractivity contribution is -0.115. The Hall–Kier alpha value is -2.53. The number of carbonyl (C=O) groups excluding carboxylic acids is 1. The number of para-hydroxylation sites is 1. The first kappa shape index (κ1) is 19.2. The highest BCUT2D eigenvalue weighted by Crippen LogP contribution is 2.33. The topological polar surface area (TPSA) is 59.6 Å². The highest BCUT2D eigenvalue weighted by atomic mass is 16.7. The molecule has 0 aromatic heterocycles. The third-order valence-corrected chi connectivity index (χ3v) is 4.69. The molecule has 1 aliphatic rings. The van der Waals surface area contributed by atoms with Gasteiger partial charge in [-0.25, -0.2) is 0 Å². The normalized spacial score (nSPS) is 12.7. The standard InChI is InChI=1S/C22H28N2O3/c1-14(2)17-6-5-7-18(15(3)4)22(17)24-21(25)12-23-11-16-8-9-19-20(10-16)27-13-26-19/h5-10,14-15,23H,11-13H2,1-4H3,(H,24,25). The van der Waals surface area contributed by atoms with Gasteiger partial charge in [0.05, 0.1) is 6.54 Å². The molecule has 27 heavy (non-hydrogen) atoms. The van der Waals surface area contributed by atoms with Crippen LogP contribution in [-0.4, -0.2) is 19.2 Å². The third-order valence-electron chi connectivity index (χ3n) is 4.69. The van der Waals surface area contributed by atoms with Crippen molar-refractivity contribution in [1.29, 1.82) is 0 Å². The lowest BCUT2D eigenvalue weighted by Gasteiger charge is -2.20. The van der Waals surface area contributed by atoms with Gasteiger partial charge < -0.3 is 20.1 Å². The largest absolute Gasteiger partial charge is 0.454 e. The predicted octanol–water partition coefficient (Wildman–Crippen LogP) is 4.39. The Labute approximate surface area is 161 Å². The van der Waals surface area contributed by atoms with Crippen LogP contribution >= 0.6 is 0 Å². The molecular formula is C22H28N2O3. The summed E-state index contributed by atoms with van der Waals surface area (Å²) in [5.41, 5.74) is 4.35. The zero-order chi connectivity index (χ0) is 19.4. The zero-order valence-corrected chi connectivity index (χ0v) is 16.5. The van der Waals surface area contributed by atoms with Crippen molar-refractivity contribution in [1.82, 2.24) is 5.32 Å². The van der Waals surface area contributed by atoms with E-state index in [0.29, 0.717) is 18.4 Å². The number of ether oxygens (including phenoxy) is 2. The fourth-order valence-corrected chi connectivity index (χ4v) is 3.25. The van der Waals surface area contributed by atoms with Crippen LogP contribution in [0.3, 0.4) is 0 Å². The van der Waals surface area contributed by atoms with Crippen molar-refractivity contribution in [3.63, 3.8) is 0 Å². The van der Waals surface area contributed by atoms with Crippen molar-refractivity contribution in [2.45, 2.75) is 46.1 Å². The Morgan fingerprint density at radius 2 is 1.67 bits per heavy atom. The van der Waals surface area contributed by atoms with E-state index in [1.807, 2.05) is 18.2 Å². The molecule has 0 atom stereocenters. The van der Waals surface area contributed by atoms with Crippen LogP contribution in [-0.2, 0) is 11.3 Å². The van der Waals surface area contributed by atoms with Gasteiger partial charge in [0.25, 0.3) is 0 Å². The van der Waals surface area contributed by atoms with Crippen LogP contribution in [0.5, 0.6) is 11.5 Å². The van der Waals surface area contributed by atoms with Gasteiger partial charge in [-0.3, -0.25) is 4.79 Å². The average Bonchev–Trinajstić information content (AvgIpc) is 3.09. The predicted molar refractivity (Wildman–Crippen MR) is 108 cm³/mol. The third kappa shape index (κ3) is 4.61. The van der Waals surface area contributed by atoms with Gasteiger partial charge in [0.1, 0.15) is 0 Å². The molecule has 0 radical (unpaired) electrons. The van der Waals surface area contributed by atoms with E-state index >= 15 is 0 Å². The van der Waals surface area contributed by atoms with E-state index in [1.54, 1.807) is 0 Å². The number of amides is 1. The molecule has 2 aromatic rings. The molecule has 0 aliphatic carbocycles. The van der Waals surface area contributed by atoms with Crippen LogP contribution in [0, 0.1) is 0 Å². The van der Waals surface area contributed by atoms with Gasteiger partial charge in [0.15, 0.2) is 11.5 Å². The summed E-state index contributed by atoms with van der Waals surface area (Å²) in [5, 5.41) is 6.33. The summed E-state index contributed by atoms with van der Waals surface area (Å²) in [4.78, 5) is 12.5. The maximum Gasteiger partial charge on any atom is 0.238 e. The number of benzene rings is 2. The van der Waals surface area contributed by atoms with Crippen molar-refractivity contribution in [3.05, 3.63) is 53.1 Å². The van der Waals surface area contributed by atoms with E-state index in [2.05, 4.69) is 56.5 Å². The first-order valence-electron chi connectivity index (χ1n) is 9.47. The van der Waals surface area contributed by atoms with Gasteiger partial charge in [-0.05, 0) is 40.7 Å². The summed E-state index contributed by atoms with van der Waals surface area (Å²) < 4.78 is 10.7. The summed E-state index contributed by atoms with van der Waals surface area (Å²) >= 11 is 0. The molecule has 0 fully saturated rings. The molecule has 1 amide bonds. The quantitative estimate of drug-likeness (QED) is 0.761. The molecular weight excluding hydrogens is 340 g/mol. The Morgan fingerprint density at radius 3 is 2.33 bits per heavy atom. The summed E-state index contributed by atoms with van der Waals surface area (Å²) in [6.07, 6.45) is 0. The van der Waals surface area contributed by atoms with Gasteiger partial charge in [-0.2, -0.15) is 0 Å². The van der Waals surface area contributed by atoms with Gasteiger partial charge >= 0.3 is 0 Å². The van der Waals surface area contributed by atoms with Crippen LogP contribution < -0.4 is 20.1 Å². The van der Waals surface area contributed by atoms with E-state index < -0.39 is 0 Å². The lowest BCUT2D eigenvalue weighted by atomic mass is 9.92. The highest BCUT2D eigenvalue weighted by molar-refractivity contribution is 5.94. The smallest absolute Gasteiger partial charge is 0.238 e. The second-order valence-electron chi connectivity index (χ2n) is 7.46. The molecule has 5 nitrogen and oxygen atoms in total.